The molecule has 5 heteroatoms. The maximum atomic E-state index is 6.37. The van der Waals surface area contributed by atoms with Crippen LogP contribution in [-0.4, -0.2) is 9.55 Å². The minimum atomic E-state index is -0.119. The van der Waals surface area contributed by atoms with Crippen molar-refractivity contribution in [1.29, 1.82) is 0 Å². The fourth-order valence-electron chi connectivity index (χ4n) is 2.48. The third kappa shape index (κ3) is 2.93. The number of imidazole rings is 1. The molecular formula is C16H15ClIN3. The molecule has 0 saturated carbocycles. The van der Waals surface area contributed by atoms with Crippen molar-refractivity contribution in [3.63, 3.8) is 0 Å². The second-order valence-electron chi connectivity index (χ2n) is 5.05. The van der Waals surface area contributed by atoms with E-state index in [2.05, 4.69) is 38.2 Å². The van der Waals surface area contributed by atoms with Crippen molar-refractivity contribution in [3.8, 4) is 0 Å². The molecule has 0 aliphatic carbocycles. The molecule has 1 atom stereocenters. The lowest BCUT2D eigenvalue weighted by molar-refractivity contribution is 0.662. The topological polar surface area (TPSA) is 43.8 Å². The molecule has 0 spiro atoms. The summed E-state index contributed by atoms with van der Waals surface area (Å²) >= 11 is 8.37. The largest absolute Gasteiger partial charge is 0.331 e. The molecule has 3 rings (SSSR count). The van der Waals surface area contributed by atoms with E-state index >= 15 is 0 Å². The van der Waals surface area contributed by atoms with E-state index in [4.69, 9.17) is 17.3 Å². The quantitative estimate of drug-likeness (QED) is 0.660. The molecule has 0 radical (unpaired) electrons. The first kappa shape index (κ1) is 14.8. The van der Waals surface area contributed by atoms with E-state index in [-0.39, 0.29) is 6.04 Å². The summed E-state index contributed by atoms with van der Waals surface area (Å²) in [7, 11) is 2.03. The lowest BCUT2D eigenvalue weighted by Gasteiger charge is -2.14. The number of nitrogens with two attached hydrogens (primary N) is 1. The fourth-order valence-corrected chi connectivity index (χ4v) is 3.40. The van der Waals surface area contributed by atoms with Gasteiger partial charge in [-0.25, -0.2) is 4.98 Å². The number of aromatic nitrogens is 2. The van der Waals surface area contributed by atoms with Gasteiger partial charge in [0.2, 0.25) is 0 Å². The third-order valence-electron chi connectivity index (χ3n) is 3.64. The van der Waals surface area contributed by atoms with E-state index in [0.29, 0.717) is 11.4 Å². The van der Waals surface area contributed by atoms with Gasteiger partial charge in [-0.2, -0.15) is 0 Å². The molecule has 2 N–H and O–H groups in total. The van der Waals surface area contributed by atoms with Crippen LogP contribution in [0.3, 0.4) is 0 Å². The van der Waals surface area contributed by atoms with Crippen LogP contribution in [0.15, 0.2) is 42.5 Å². The molecule has 3 aromatic rings. The molecular weight excluding hydrogens is 397 g/mol. The van der Waals surface area contributed by atoms with E-state index in [1.165, 1.54) is 0 Å². The van der Waals surface area contributed by atoms with Gasteiger partial charge in [0.25, 0.3) is 0 Å². The van der Waals surface area contributed by atoms with Crippen LogP contribution in [0.25, 0.3) is 11.0 Å². The third-order valence-corrected chi connectivity index (χ3v) is 4.86. The summed E-state index contributed by atoms with van der Waals surface area (Å²) < 4.78 is 3.23. The van der Waals surface area contributed by atoms with Crippen molar-refractivity contribution >= 4 is 45.2 Å². The molecule has 0 bridgehead atoms. The second-order valence-corrected chi connectivity index (χ2v) is 6.65. The fraction of sp³-hybridized carbons (Fsp3) is 0.188. The molecule has 0 saturated heterocycles. The van der Waals surface area contributed by atoms with Crippen LogP contribution < -0.4 is 5.73 Å². The van der Waals surface area contributed by atoms with Gasteiger partial charge in [0.1, 0.15) is 5.82 Å². The van der Waals surface area contributed by atoms with Crippen LogP contribution in [0.5, 0.6) is 0 Å². The van der Waals surface area contributed by atoms with Crippen LogP contribution in [0.2, 0.25) is 5.02 Å². The predicted molar refractivity (Wildman–Crippen MR) is 95.5 cm³/mol. The van der Waals surface area contributed by atoms with Crippen molar-refractivity contribution < 1.29 is 0 Å². The first-order chi connectivity index (χ1) is 10.1. The monoisotopic (exact) mass is 411 g/mol. The molecule has 0 aliphatic rings. The van der Waals surface area contributed by atoms with Crippen molar-refractivity contribution in [3.05, 3.63) is 62.4 Å². The van der Waals surface area contributed by atoms with Gasteiger partial charge in [-0.05, 0) is 58.5 Å². The standard InChI is InChI=1S/C16H15ClIN3/c1-21-15-5-3-2-4-14(15)20-16(21)9-13(19)11-8-10(17)6-7-12(11)18/h2-8,13H,9,19H2,1H3. The van der Waals surface area contributed by atoms with Gasteiger partial charge < -0.3 is 10.3 Å². The van der Waals surface area contributed by atoms with E-state index in [1.807, 2.05) is 43.4 Å². The lowest BCUT2D eigenvalue weighted by Crippen LogP contribution is -2.17. The zero-order valence-corrected chi connectivity index (χ0v) is 14.5. The highest BCUT2D eigenvalue weighted by molar-refractivity contribution is 14.1. The Kier molecular flexibility index (Phi) is 4.19. The number of rotatable bonds is 3. The first-order valence-corrected chi connectivity index (χ1v) is 8.13. The number of hydrogen-bond acceptors (Lipinski definition) is 2. The molecule has 1 aromatic heterocycles. The highest BCUT2D eigenvalue weighted by Gasteiger charge is 2.15. The highest BCUT2D eigenvalue weighted by Crippen LogP contribution is 2.25. The van der Waals surface area contributed by atoms with Crippen molar-refractivity contribution in [1.82, 2.24) is 9.55 Å². The normalized spacial score (nSPS) is 12.8. The number of halogens is 2. The van der Waals surface area contributed by atoms with Crippen LogP contribution in [0.1, 0.15) is 17.4 Å². The van der Waals surface area contributed by atoms with Gasteiger partial charge in [-0.15, -0.1) is 0 Å². The maximum absolute atomic E-state index is 6.37. The number of fused-ring (bicyclic) bond motifs is 1. The van der Waals surface area contributed by atoms with Gasteiger partial charge in [-0.3, -0.25) is 0 Å². The summed E-state index contributed by atoms with van der Waals surface area (Å²) in [6.45, 7) is 0. The van der Waals surface area contributed by atoms with E-state index in [9.17, 15) is 0 Å². The minimum absolute atomic E-state index is 0.119. The molecule has 108 valence electrons. The SMILES string of the molecule is Cn1c(CC(N)c2cc(Cl)ccc2I)nc2ccccc21. The van der Waals surface area contributed by atoms with Crippen LogP contribution in [-0.2, 0) is 13.5 Å². The molecule has 0 amide bonds. The van der Waals surface area contributed by atoms with Crippen molar-refractivity contribution in [2.24, 2.45) is 12.8 Å². The highest BCUT2D eigenvalue weighted by atomic mass is 127. The number of para-hydroxylation sites is 2. The molecule has 0 aliphatic heterocycles. The molecule has 1 heterocycles. The maximum Gasteiger partial charge on any atom is 0.111 e. The average molecular weight is 412 g/mol. The Hall–Kier alpha value is -1.11. The number of nitrogens with zero attached hydrogens (tertiary/aromatic N) is 2. The van der Waals surface area contributed by atoms with Gasteiger partial charge in [0.15, 0.2) is 0 Å². The Morgan fingerprint density at radius 1 is 1.29 bits per heavy atom. The zero-order chi connectivity index (χ0) is 15.0. The Balaban J connectivity index is 1.94. The number of hydrogen-bond donors (Lipinski definition) is 1. The number of benzene rings is 2. The Morgan fingerprint density at radius 3 is 2.81 bits per heavy atom. The lowest BCUT2D eigenvalue weighted by atomic mass is 10.0. The summed E-state index contributed by atoms with van der Waals surface area (Å²) in [5, 5.41) is 0.714. The van der Waals surface area contributed by atoms with Crippen molar-refractivity contribution in [2.75, 3.05) is 0 Å². The van der Waals surface area contributed by atoms with Gasteiger partial charge in [0.05, 0.1) is 11.0 Å². The predicted octanol–water partition coefficient (Wildman–Crippen LogP) is 4.07. The molecule has 3 nitrogen and oxygen atoms in total. The Morgan fingerprint density at radius 2 is 2.05 bits per heavy atom. The Bertz CT molecular complexity index is 797. The van der Waals surface area contributed by atoms with Crippen LogP contribution >= 0.6 is 34.2 Å². The second kappa shape index (κ2) is 5.94. The van der Waals surface area contributed by atoms with Crippen LogP contribution in [0.4, 0.5) is 0 Å². The molecule has 21 heavy (non-hydrogen) atoms. The van der Waals surface area contributed by atoms with Crippen LogP contribution in [0, 0.1) is 3.57 Å². The minimum Gasteiger partial charge on any atom is -0.331 e. The summed E-state index contributed by atoms with van der Waals surface area (Å²) in [5.74, 6) is 0.986. The number of aryl methyl sites for hydroxylation is 1. The summed E-state index contributed by atoms with van der Waals surface area (Å²) in [6.07, 6.45) is 0.682. The van der Waals surface area contributed by atoms with Gasteiger partial charge >= 0.3 is 0 Å². The smallest absolute Gasteiger partial charge is 0.111 e. The molecule has 2 aromatic carbocycles. The van der Waals surface area contributed by atoms with Gasteiger partial charge in [-0.1, -0.05) is 23.7 Å². The van der Waals surface area contributed by atoms with Crippen molar-refractivity contribution in [2.45, 2.75) is 12.5 Å². The zero-order valence-electron chi connectivity index (χ0n) is 11.6. The summed E-state index contributed by atoms with van der Waals surface area (Å²) in [6, 6.07) is 13.8. The van der Waals surface area contributed by atoms with E-state index in [1.54, 1.807) is 0 Å². The summed E-state index contributed by atoms with van der Waals surface area (Å²) in [5.41, 5.74) is 9.56. The van der Waals surface area contributed by atoms with Gasteiger partial charge in [0, 0.05) is 28.1 Å². The Labute approximate surface area is 142 Å². The average Bonchev–Trinajstić information content (AvgIpc) is 2.78. The summed E-state index contributed by atoms with van der Waals surface area (Å²) in [4.78, 5) is 4.68. The van der Waals surface area contributed by atoms with E-state index in [0.717, 1.165) is 26.0 Å². The first-order valence-electron chi connectivity index (χ1n) is 6.67. The molecule has 0 fully saturated rings. The molecule has 1 unspecified atom stereocenters. The van der Waals surface area contributed by atoms with E-state index < -0.39 is 0 Å².